The van der Waals surface area contributed by atoms with Crippen LogP contribution in [-0.2, 0) is 23.4 Å². The van der Waals surface area contributed by atoms with Crippen LogP contribution < -0.4 is 15.2 Å². The highest BCUT2D eigenvalue weighted by molar-refractivity contribution is 7.96. The van der Waals surface area contributed by atoms with Gasteiger partial charge >= 0.3 is 0 Å². The van der Waals surface area contributed by atoms with Crippen LogP contribution in [0, 0.1) is 0 Å². The lowest BCUT2D eigenvalue weighted by molar-refractivity contribution is -0.118. The van der Waals surface area contributed by atoms with Crippen LogP contribution in [0.25, 0.3) is 10.9 Å². The summed E-state index contributed by atoms with van der Waals surface area (Å²) >= 11 is 1.58. The number of H-pyrrole nitrogens is 1. The van der Waals surface area contributed by atoms with E-state index in [4.69, 9.17) is 10.5 Å². The van der Waals surface area contributed by atoms with Gasteiger partial charge in [0.25, 0.3) is 0 Å². The Kier molecular flexibility index (Phi) is 7.25. The van der Waals surface area contributed by atoms with Crippen LogP contribution in [0.2, 0.25) is 0 Å². The molecule has 1 heterocycles. The van der Waals surface area contributed by atoms with Crippen LogP contribution in [-0.4, -0.2) is 40.7 Å². The average molecular weight is 430 g/mol. The van der Waals surface area contributed by atoms with Crippen LogP contribution in [0.1, 0.15) is 23.6 Å². The van der Waals surface area contributed by atoms with E-state index < -0.39 is 6.04 Å². The van der Waals surface area contributed by atoms with Gasteiger partial charge < -0.3 is 25.7 Å². The number of rotatable bonds is 10. The second-order valence-corrected chi connectivity index (χ2v) is 8.07. The van der Waals surface area contributed by atoms with E-state index in [-0.39, 0.29) is 17.3 Å². The number of aromatic nitrogens is 1. The lowest BCUT2D eigenvalue weighted by Crippen LogP contribution is -2.30. The van der Waals surface area contributed by atoms with Crippen molar-refractivity contribution in [2.45, 2.75) is 31.6 Å². The zero-order valence-electron chi connectivity index (χ0n) is 17.1. The molecule has 7 nitrogen and oxygen atoms in total. The van der Waals surface area contributed by atoms with Gasteiger partial charge in [-0.2, -0.15) is 0 Å². The summed E-state index contributed by atoms with van der Waals surface area (Å²) in [6, 6.07) is 8.30. The maximum Gasteiger partial charge on any atom is 0.157 e. The van der Waals surface area contributed by atoms with Crippen LogP contribution >= 0.6 is 11.9 Å². The van der Waals surface area contributed by atoms with Gasteiger partial charge in [0.15, 0.2) is 11.5 Å². The fraction of sp³-hybridized carbons (Fsp3) is 0.318. The summed E-state index contributed by atoms with van der Waals surface area (Å²) in [5, 5.41) is 20.0. The summed E-state index contributed by atoms with van der Waals surface area (Å²) in [5.41, 5.74) is 9.99. The van der Waals surface area contributed by atoms with Crippen LogP contribution in [0.15, 0.2) is 36.5 Å². The molecule has 3 aromatic rings. The second-order valence-electron chi connectivity index (χ2n) is 7.20. The Balaban J connectivity index is 1.64. The molecule has 8 heteroatoms. The fourth-order valence-electron chi connectivity index (χ4n) is 3.24. The highest BCUT2D eigenvalue weighted by Crippen LogP contribution is 2.30. The van der Waals surface area contributed by atoms with E-state index in [0.29, 0.717) is 18.7 Å². The number of Topliss-reactive ketones (excluding diaryl/α,β-unsaturated/α-hetero) is 1. The van der Waals surface area contributed by atoms with Crippen molar-refractivity contribution in [2.75, 3.05) is 13.7 Å². The quantitative estimate of drug-likeness (QED) is 0.191. The number of ether oxygens (including phenoxy) is 1. The minimum Gasteiger partial charge on any atom is -0.504 e. The van der Waals surface area contributed by atoms with Crippen LogP contribution in [0.5, 0.6) is 17.2 Å². The molecule has 0 aliphatic rings. The number of ketones is 1. The third-order valence-electron chi connectivity index (χ3n) is 5.01. The number of carbonyl (C=O) groups is 1. The van der Waals surface area contributed by atoms with Crippen molar-refractivity contribution in [1.82, 2.24) is 9.71 Å². The van der Waals surface area contributed by atoms with E-state index in [1.807, 2.05) is 18.3 Å². The molecule has 0 spiro atoms. The maximum absolute atomic E-state index is 11.5. The number of aromatic amines is 1. The minimum absolute atomic E-state index is 0.0332. The van der Waals surface area contributed by atoms with E-state index in [1.165, 1.54) is 13.0 Å². The van der Waals surface area contributed by atoms with E-state index in [1.54, 1.807) is 31.2 Å². The summed E-state index contributed by atoms with van der Waals surface area (Å²) in [6.07, 6.45) is 3.11. The number of methoxy groups -OCH3 is 1. The first-order valence-corrected chi connectivity index (χ1v) is 10.7. The molecule has 0 bridgehead atoms. The first kappa shape index (κ1) is 22.0. The molecular formula is C22H27N3O4S. The van der Waals surface area contributed by atoms with E-state index in [0.717, 1.165) is 39.8 Å². The molecule has 0 aliphatic heterocycles. The minimum atomic E-state index is -0.519. The third kappa shape index (κ3) is 5.27. The van der Waals surface area contributed by atoms with Crippen molar-refractivity contribution in [3.05, 3.63) is 53.2 Å². The molecule has 3 rings (SSSR count). The molecule has 30 heavy (non-hydrogen) atoms. The number of nitrogens with one attached hydrogen (secondary N) is 2. The van der Waals surface area contributed by atoms with E-state index in [2.05, 4.69) is 9.71 Å². The first-order valence-electron chi connectivity index (χ1n) is 9.67. The Morgan fingerprint density at radius 2 is 2.03 bits per heavy atom. The monoisotopic (exact) mass is 429 g/mol. The Labute approximate surface area is 179 Å². The van der Waals surface area contributed by atoms with Crippen LogP contribution in [0.3, 0.4) is 0 Å². The zero-order chi connectivity index (χ0) is 21.7. The van der Waals surface area contributed by atoms with Crippen molar-refractivity contribution in [2.24, 2.45) is 5.73 Å². The summed E-state index contributed by atoms with van der Waals surface area (Å²) in [5.74, 6) is 1.22. The van der Waals surface area contributed by atoms with Gasteiger partial charge in [-0.05, 0) is 60.7 Å². The molecule has 0 fully saturated rings. The SMILES string of the molecule is COc1cc(CSNCCc2ccc(O)c(O)c2)c2[nH]cc(CC(N)C(C)=O)c2c1. The van der Waals surface area contributed by atoms with Crippen molar-refractivity contribution < 1.29 is 19.7 Å². The Morgan fingerprint density at radius 3 is 2.73 bits per heavy atom. The highest BCUT2D eigenvalue weighted by Gasteiger charge is 2.15. The van der Waals surface area contributed by atoms with Gasteiger partial charge in [-0.15, -0.1) is 0 Å². The summed E-state index contributed by atoms with van der Waals surface area (Å²) in [6.45, 7) is 2.22. The molecule has 0 saturated carbocycles. The van der Waals surface area contributed by atoms with Gasteiger partial charge in [0, 0.05) is 23.9 Å². The average Bonchev–Trinajstić information content (AvgIpc) is 3.12. The number of phenols is 2. The van der Waals surface area contributed by atoms with Crippen molar-refractivity contribution in [3.8, 4) is 17.2 Å². The Morgan fingerprint density at radius 1 is 1.23 bits per heavy atom. The number of benzene rings is 2. The number of carbonyl (C=O) groups excluding carboxylic acids is 1. The molecule has 0 saturated heterocycles. The number of phenolic OH excluding ortho intramolecular Hbond substituents is 2. The molecule has 0 aliphatic carbocycles. The normalized spacial score (nSPS) is 12.2. The molecule has 1 aromatic heterocycles. The van der Waals surface area contributed by atoms with Crippen molar-refractivity contribution in [1.29, 1.82) is 0 Å². The molecule has 160 valence electrons. The summed E-state index contributed by atoms with van der Waals surface area (Å²) in [7, 11) is 1.64. The maximum atomic E-state index is 11.5. The Bertz CT molecular complexity index is 1030. The number of aromatic hydroxyl groups is 2. The van der Waals surface area contributed by atoms with Gasteiger partial charge in [0.2, 0.25) is 0 Å². The lowest BCUT2D eigenvalue weighted by atomic mass is 10.0. The van der Waals surface area contributed by atoms with Crippen molar-refractivity contribution in [3.63, 3.8) is 0 Å². The molecule has 0 radical (unpaired) electrons. The van der Waals surface area contributed by atoms with E-state index in [9.17, 15) is 15.0 Å². The van der Waals surface area contributed by atoms with Crippen molar-refractivity contribution >= 4 is 28.6 Å². The number of nitrogens with two attached hydrogens (primary N) is 1. The number of hydrogen-bond donors (Lipinski definition) is 5. The largest absolute Gasteiger partial charge is 0.504 e. The van der Waals surface area contributed by atoms with Gasteiger partial charge in [-0.1, -0.05) is 18.0 Å². The molecule has 0 amide bonds. The third-order valence-corrected chi connectivity index (χ3v) is 5.88. The van der Waals surface area contributed by atoms with Gasteiger partial charge in [0.05, 0.1) is 18.7 Å². The molecule has 2 aromatic carbocycles. The number of hydrogen-bond acceptors (Lipinski definition) is 7. The standard InChI is InChI=1S/C22H27N3O4S/c1-13(26)19(23)9-15-11-24-22-16(8-17(29-2)10-18(15)22)12-30-25-6-5-14-3-4-20(27)21(28)7-14/h3-4,7-8,10-11,19,24-25,27-28H,5-6,9,12,23H2,1-2H3. The second kappa shape index (κ2) is 9.88. The van der Waals surface area contributed by atoms with Crippen LogP contribution in [0.4, 0.5) is 0 Å². The smallest absolute Gasteiger partial charge is 0.157 e. The highest BCUT2D eigenvalue weighted by atomic mass is 32.2. The zero-order valence-corrected chi connectivity index (χ0v) is 17.9. The molecule has 1 atom stereocenters. The van der Waals surface area contributed by atoms with Gasteiger partial charge in [0.1, 0.15) is 11.5 Å². The molecule has 1 unspecified atom stereocenters. The lowest BCUT2D eigenvalue weighted by Gasteiger charge is -2.10. The fourth-order valence-corrected chi connectivity index (χ4v) is 3.97. The predicted octanol–water partition coefficient (Wildman–Crippen LogP) is 3.03. The molecule has 6 N–H and O–H groups in total. The van der Waals surface area contributed by atoms with E-state index >= 15 is 0 Å². The Hall–Kier alpha value is -2.68. The summed E-state index contributed by atoms with van der Waals surface area (Å²) < 4.78 is 8.79. The first-order chi connectivity index (χ1) is 14.4. The predicted molar refractivity (Wildman–Crippen MR) is 120 cm³/mol. The topological polar surface area (TPSA) is 121 Å². The molecular weight excluding hydrogens is 402 g/mol. The summed E-state index contributed by atoms with van der Waals surface area (Å²) in [4.78, 5) is 14.9. The van der Waals surface area contributed by atoms with Gasteiger partial charge in [-0.3, -0.25) is 9.52 Å². The number of fused-ring (bicyclic) bond motifs is 1. The van der Waals surface area contributed by atoms with Gasteiger partial charge in [-0.25, -0.2) is 0 Å².